The first-order chi connectivity index (χ1) is 6.43. The standard InChI is InChI=1S/C10H17N3/c1-2-6-11-8-9-13-10-5-3-4-7-12-10/h3-5,7,11H,2,6,8-9H2,1H3,(H,12,13). The molecule has 0 aromatic carbocycles. The van der Waals surface area contributed by atoms with Gasteiger partial charge in [0, 0.05) is 19.3 Å². The van der Waals surface area contributed by atoms with E-state index < -0.39 is 0 Å². The molecule has 13 heavy (non-hydrogen) atoms. The van der Waals surface area contributed by atoms with Crippen molar-refractivity contribution in [1.82, 2.24) is 10.3 Å². The van der Waals surface area contributed by atoms with E-state index in [2.05, 4.69) is 22.5 Å². The van der Waals surface area contributed by atoms with Crippen LogP contribution >= 0.6 is 0 Å². The van der Waals surface area contributed by atoms with Crippen LogP contribution < -0.4 is 10.6 Å². The lowest BCUT2D eigenvalue weighted by Gasteiger charge is -2.05. The second-order valence-electron chi connectivity index (χ2n) is 2.89. The lowest BCUT2D eigenvalue weighted by molar-refractivity contribution is 0.687. The minimum absolute atomic E-state index is 0.928. The number of anilines is 1. The SMILES string of the molecule is CCCNCCNc1ccccn1. The summed E-state index contributed by atoms with van der Waals surface area (Å²) in [5.74, 6) is 0.945. The first kappa shape index (κ1) is 9.99. The van der Waals surface area contributed by atoms with Crippen LogP contribution in [0.4, 0.5) is 5.82 Å². The van der Waals surface area contributed by atoms with Gasteiger partial charge >= 0.3 is 0 Å². The van der Waals surface area contributed by atoms with Crippen molar-refractivity contribution in [2.75, 3.05) is 25.0 Å². The predicted octanol–water partition coefficient (Wildman–Crippen LogP) is 1.49. The van der Waals surface area contributed by atoms with Crippen LogP contribution in [-0.2, 0) is 0 Å². The molecule has 3 nitrogen and oxygen atoms in total. The maximum absolute atomic E-state index is 4.16. The number of nitrogens with zero attached hydrogens (tertiary/aromatic N) is 1. The number of hydrogen-bond donors (Lipinski definition) is 2. The fourth-order valence-electron chi connectivity index (χ4n) is 1.05. The predicted molar refractivity (Wildman–Crippen MR) is 55.9 cm³/mol. The van der Waals surface area contributed by atoms with Crippen molar-refractivity contribution in [2.24, 2.45) is 0 Å². The molecule has 3 heteroatoms. The highest BCUT2D eigenvalue weighted by atomic mass is 15.0. The summed E-state index contributed by atoms with van der Waals surface area (Å²) in [5, 5.41) is 6.54. The van der Waals surface area contributed by atoms with Crippen LogP contribution in [0.3, 0.4) is 0 Å². The third-order valence-electron chi connectivity index (χ3n) is 1.70. The summed E-state index contributed by atoms with van der Waals surface area (Å²) in [7, 11) is 0. The van der Waals surface area contributed by atoms with Crippen molar-refractivity contribution in [3.63, 3.8) is 0 Å². The van der Waals surface area contributed by atoms with Gasteiger partial charge in [0.25, 0.3) is 0 Å². The molecule has 0 saturated heterocycles. The Labute approximate surface area is 79.6 Å². The fourth-order valence-corrected chi connectivity index (χ4v) is 1.05. The van der Waals surface area contributed by atoms with E-state index >= 15 is 0 Å². The smallest absolute Gasteiger partial charge is 0.125 e. The van der Waals surface area contributed by atoms with E-state index in [1.54, 1.807) is 6.20 Å². The van der Waals surface area contributed by atoms with E-state index in [4.69, 9.17) is 0 Å². The van der Waals surface area contributed by atoms with Crippen LogP contribution in [0.5, 0.6) is 0 Å². The van der Waals surface area contributed by atoms with Gasteiger partial charge in [-0.25, -0.2) is 4.98 Å². The maximum atomic E-state index is 4.16. The Balaban J connectivity index is 2.07. The number of hydrogen-bond acceptors (Lipinski definition) is 3. The first-order valence-electron chi connectivity index (χ1n) is 4.79. The largest absolute Gasteiger partial charge is 0.369 e. The zero-order chi connectivity index (χ0) is 9.36. The van der Waals surface area contributed by atoms with Crippen LogP contribution in [0.15, 0.2) is 24.4 Å². The van der Waals surface area contributed by atoms with Crippen LogP contribution in [-0.4, -0.2) is 24.6 Å². The molecule has 0 aliphatic carbocycles. The van der Waals surface area contributed by atoms with Gasteiger partial charge in [0.1, 0.15) is 5.82 Å². The number of rotatable bonds is 6. The zero-order valence-electron chi connectivity index (χ0n) is 8.09. The van der Waals surface area contributed by atoms with Gasteiger partial charge in [0.15, 0.2) is 0 Å². The lowest BCUT2D eigenvalue weighted by atomic mass is 10.4. The Bertz CT molecular complexity index is 211. The quantitative estimate of drug-likeness (QED) is 0.650. The molecule has 1 aromatic rings. The first-order valence-corrected chi connectivity index (χ1v) is 4.79. The molecular formula is C10H17N3. The molecule has 0 radical (unpaired) electrons. The van der Waals surface area contributed by atoms with Crippen molar-refractivity contribution in [3.05, 3.63) is 24.4 Å². The molecule has 0 saturated carbocycles. The second-order valence-corrected chi connectivity index (χ2v) is 2.89. The molecule has 1 aromatic heterocycles. The van der Waals surface area contributed by atoms with Crippen LogP contribution in [0.1, 0.15) is 13.3 Å². The lowest BCUT2D eigenvalue weighted by Crippen LogP contribution is -2.22. The third-order valence-corrected chi connectivity index (χ3v) is 1.70. The Morgan fingerprint density at radius 3 is 2.85 bits per heavy atom. The molecule has 0 aliphatic heterocycles. The highest BCUT2D eigenvalue weighted by molar-refractivity contribution is 5.32. The molecule has 0 atom stereocenters. The second kappa shape index (κ2) is 6.43. The Morgan fingerprint density at radius 2 is 2.15 bits per heavy atom. The summed E-state index contributed by atoms with van der Waals surface area (Å²) in [5.41, 5.74) is 0. The molecule has 1 heterocycles. The summed E-state index contributed by atoms with van der Waals surface area (Å²) < 4.78 is 0. The maximum Gasteiger partial charge on any atom is 0.125 e. The van der Waals surface area contributed by atoms with Crippen molar-refractivity contribution < 1.29 is 0 Å². The minimum Gasteiger partial charge on any atom is -0.369 e. The van der Waals surface area contributed by atoms with E-state index in [1.165, 1.54) is 6.42 Å². The zero-order valence-corrected chi connectivity index (χ0v) is 8.09. The molecule has 0 spiro atoms. The van der Waals surface area contributed by atoms with E-state index in [9.17, 15) is 0 Å². The van der Waals surface area contributed by atoms with Crippen molar-refractivity contribution >= 4 is 5.82 Å². The highest BCUT2D eigenvalue weighted by Crippen LogP contribution is 1.97. The summed E-state index contributed by atoms with van der Waals surface area (Å²) >= 11 is 0. The van der Waals surface area contributed by atoms with E-state index in [1.807, 2.05) is 18.2 Å². The summed E-state index contributed by atoms with van der Waals surface area (Å²) in [6.45, 7) is 5.17. The van der Waals surface area contributed by atoms with Crippen LogP contribution in [0.2, 0.25) is 0 Å². The third kappa shape index (κ3) is 4.48. The summed E-state index contributed by atoms with van der Waals surface area (Å²) in [4.78, 5) is 4.16. The molecule has 0 fully saturated rings. The van der Waals surface area contributed by atoms with Gasteiger partial charge in [-0.1, -0.05) is 13.0 Å². The average molecular weight is 179 g/mol. The van der Waals surface area contributed by atoms with Crippen molar-refractivity contribution in [2.45, 2.75) is 13.3 Å². The van der Waals surface area contributed by atoms with Crippen LogP contribution in [0.25, 0.3) is 0 Å². The molecule has 0 aliphatic rings. The van der Waals surface area contributed by atoms with Gasteiger partial charge in [-0.3, -0.25) is 0 Å². The number of nitrogens with one attached hydrogen (secondary N) is 2. The van der Waals surface area contributed by atoms with Gasteiger partial charge in [-0.05, 0) is 25.1 Å². The van der Waals surface area contributed by atoms with Gasteiger partial charge < -0.3 is 10.6 Å². The molecule has 72 valence electrons. The fraction of sp³-hybridized carbons (Fsp3) is 0.500. The molecule has 1 rings (SSSR count). The molecule has 0 unspecified atom stereocenters. The summed E-state index contributed by atoms with van der Waals surface area (Å²) in [6, 6.07) is 5.87. The van der Waals surface area contributed by atoms with E-state index in [0.717, 1.165) is 25.5 Å². The molecule has 2 N–H and O–H groups in total. The van der Waals surface area contributed by atoms with Crippen molar-refractivity contribution in [1.29, 1.82) is 0 Å². The number of aromatic nitrogens is 1. The normalized spacial score (nSPS) is 9.92. The van der Waals surface area contributed by atoms with Crippen LogP contribution in [0, 0.1) is 0 Å². The Hall–Kier alpha value is -1.09. The number of pyridine rings is 1. The van der Waals surface area contributed by atoms with Gasteiger partial charge in [0.2, 0.25) is 0 Å². The minimum atomic E-state index is 0.928. The Kier molecular flexibility index (Phi) is 4.94. The monoisotopic (exact) mass is 179 g/mol. The topological polar surface area (TPSA) is 37.0 Å². The highest BCUT2D eigenvalue weighted by Gasteiger charge is 1.89. The van der Waals surface area contributed by atoms with Gasteiger partial charge in [-0.15, -0.1) is 0 Å². The average Bonchev–Trinajstić information content (AvgIpc) is 2.19. The summed E-state index contributed by atoms with van der Waals surface area (Å²) in [6.07, 6.45) is 2.98. The molecular weight excluding hydrogens is 162 g/mol. The van der Waals surface area contributed by atoms with E-state index in [0.29, 0.717) is 0 Å². The van der Waals surface area contributed by atoms with Crippen molar-refractivity contribution in [3.8, 4) is 0 Å². The van der Waals surface area contributed by atoms with Gasteiger partial charge in [0.05, 0.1) is 0 Å². The van der Waals surface area contributed by atoms with E-state index in [-0.39, 0.29) is 0 Å². The molecule has 0 amide bonds. The Morgan fingerprint density at radius 1 is 1.23 bits per heavy atom. The van der Waals surface area contributed by atoms with Gasteiger partial charge in [-0.2, -0.15) is 0 Å². The molecule has 0 bridgehead atoms.